The molecule has 0 radical (unpaired) electrons. The minimum absolute atomic E-state index is 0.522. The lowest BCUT2D eigenvalue weighted by Crippen LogP contribution is -2.12. The van der Waals surface area contributed by atoms with Crippen molar-refractivity contribution in [3.05, 3.63) is 35.5 Å². The lowest BCUT2D eigenvalue weighted by Gasteiger charge is -2.06. The van der Waals surface area contributed by atoms with Crippen LogP contribution in [0.4, 0.5) is 4.39 Å². The van der Waals surface area contributed by atoms with Gasteiger partial charge in [0.1, 0.15) is 6.67 Å². The van der Waals surface area contributed by atoms with Crippen LogP contribution < -0.4 is 5.73 Å². The molecule has 2 aromatic rings. The highest BCUT2D eigenvalue weighted by Gasteiger charge is 2.14. The minimum atomic E-state index is -0.525. The number of alkyl halides is 1. The standard InChI is InChI=1S/C11H13FN2/c1-7-11(9(13)6-12)8-4-2-3-5-10(8)14-7/h2-5,9,14H,6,13H2,1H3/t9-/m0/s1. The second-order valence-corrected chi connectivity index (χ2v) is 3.47. The molecule has 2 nitrogen and oxygen atoms in total. The second-order valence-electron chi connectivity index (χ2n) is 3.47. The van der Waals surface area contributed by atoms with E-state index in [1.807, 2.05) is 31.2 Å². The van der Waals surface area contributed by atoms with E-state index in [0.717, 1.165) is 22.2 Å². The van der Waals surface area contributed by atoms with Crippen LogP contribution >= 0.6 is 0 Å². The fourth-order valence-corrected chi connectivity index (χ4v) is 1.85. The van der Waals surface area contributed by atoms with Crippen LogP contribution in [0.3, 0.4) is 0 Å². The lowest BCUT2D eigenvalue weighted by atomic mass is 10.1. The van der Waals surface area contributed by atoms with Gasteiger partial charge in [-0.3, -0.25) is 0 Å². The first-order valence-electron chi connectivity index (χ1n) is 4.62. The van der Waals surface area contributed by atoms with Crippen molar-refractivity contribution in [3.8, 4) is 0 Å². The van der Waals surface area contributed by atoms with Gasteiger partial charge in [-0.15, -0.1) is 0 Å². The van der Waals surface area contributed by atoms with Crippen molar-refractivity contribution in [1.82, 2.24) is 4.98 Å². The molecule has 0 amide bonds. The van der Waals surface area contributed by atoms with E-state index < -0.39 is 12.7 Å². The summed E-state index contributed by atoms with van der Waals surface area (Å²) >= 11 is 0. The van der Waals surface area contributed by atoms with E-state index in [-0.39, 0.29) is 0 Å². The molecule has 1 aromatic heterocycles. The molecule has 0 spiro atoms. The number of rotatable bonds is 2. The van der Waals surface area contributed by atoms with Crippen molar-refractivity contribution in [2.75, 3.05) is 6.67 Å². The van der Waals surface area contributed by atoms with Gasteiger partial charge in [-0.05, 0) is 18.6 Å². The molecule has 1 heterocycles. The number of nitrogens with one attached hydrogen (secondary N) is 1. The molecule has 0 unspecified atom stereocenters. The van der Waals surface area contributed by atoms with Gasteiger partial charge >= 0.3 is 0 Å². The van der Waals surface area contributed by atoms with Crippen LogP contribution in [0.5, 0.6) is 0 Å². The van der Waals surface area contributed by atoms with Crippen LogP contribution in [0.25, 0.3) is 10.9 Å². The highest BCUT2D eigenvalue weighted by molar-refractivity contribution is 5.85. The van der Waals surface area contributed by atoms with Gasteiger partial charge in [0, 0.05) is 16.6 Å². The predicted octanol–water partition coefficient (Wildman–Crippen LogP) is 2.45. The average molecular weight is 192 g/mol. The summed E-state index contributed by atoms with van der Waals surface area (Å²) < 4.78 is 12.5. The van der Waals surface area contributed by atoms with Crippen molar-refractivity contribution < 1.29 is 4.39 Å². The summed E-state index contributed by atoms with van der Waals surface area (Å²) in [5.41, 5.74) is 8.57. The maximum absolute atomic E-state index is 12.5. The molecule has 14 heavy (non-hydrogen) atoms. The van der Waals surface area contributed by atoms with Crippen LogP contribution in [0.15, 0.2) is 24.3 Å². The van der Waals surface area contributed by atoms with Gasteiger partial charge in [0.25, 0.3) is 0 Å². The number of aromatic nitrogens is 1. The Hall–Kier alpha value is -1.35. The first-order valence-corrected chi connectivity index (χ1v) is 4.62. The maximum atomic E-state index is 12.5. The number of para-hydroxylation sites is 1. The van der Waals surface area contributed by atoms with E-state index in [9.17, 15) is 4.39 Å². The summed E-state index contributed by atoms with van der Waals surface area (Å²) in [5, 5.41) is 1.02. The van der Waals surface area contributed by atoms with Crippen molar-refractivity contribution in [2.45, 2.75) is 13.0 Å². The van der Waals surface area contributed by atoms with Gasteiger partial charge in [0.2, 0.25) is 0 Å². The number of benzene rings is 1. The topological polar surface area (TPSA) is 41.8 Å². The van der Waals surface area contributed by atoms with Crippen LogP contribution in [0.2, 0.25) is 0 Å². The Kier molecular flexibility index (Phi) is 2.25. The molecule has 74 valence electrons. The highest BCUT2D eigenvalue weighted by Crippen LogP contribution is 2.26. The minimum Gasteiger partial charge on any atom is -0.358 e. The Balaban J connectivity index is 2.67. The van der Waals surface area contributed by atoms with Crippen LogP contribution in [0, 0.1) is 6.92 Å². The fraction of sp³-hybridized carbons (Fsp3) is 0.273. The molecule has 0 aliphatic carbocycles. The van der Waals surface area contributed by atoms with E-state index in [4.69, 9.17) is 5.73 Å². The number of H-pyrrole nitrogens is 1. The third-order valence-corrected chi connectivity index (χ3v) is 2.48. The summed E-state index contributed by atoms with van der Waals surface area (Å²) in [6.07, 6.45) is 0. The molecule has 0 fully saturated rings. The van der Waals surface area contributed by atoms with Crippen molar-refractivity contribution >= 4 is 10.9 Å². The number of hydrogen-bond donors (Lipinski definition) is 2. The van der Waals surface area contributed by atoms with E-state index in [0.29, 0.717) is 0 Å². The van der Waals surface area contributed by atoms with Crippen molar-refractivity contribution in [2.24, 2.45) is 5.73 Å². The Morgan fingerprint density at radius 1 is 1.43 bits per heavy atom. The first kappa shape index (κ1) is 9.21. The van der Waals surface area contributed by atoms with Gasteiger partial charge in [-0.25, -0.2) is 4.39 Å². The van der Waals surface area contributed by atoms with Crippen LogP contribution in [-0.2, 0) is 0 Å². The highest BCUT2D eigenvalue weighted by atomic mass is 19.1. The van der Waals surface area contributed by atoms with Crippen molar-refractivity contribution in [3.63, 3.8) is 0 Å². The lowest BCUT2D eigenvalue weighted by molar-refractivity contribution is 0.437. The molecule has 3 heteroatoms. The van der Waals surface area contributed by atoms with Gasteiger partial charge in [0.05, 0.1) is 6.04 Å². The number of aromatic amines is 1. The Morgan fingerprint density at radius 3 is 2.86 bits per heavy atom. The summed E-state index contributed by atoms with van der Waals surface area (Å²) in [4.78, 5) is 3.20. The number of hydrogen-bond acceptors (Lipinski definition) is 1. The van der Waals surface area contributed by atoms with Crippen molar-refractivity contribution in [1.29, 1.82) is 0 Å². The Morgan fingerprint density at radius 2 is 2.14 bits per heavy atom. The van der Waals surface area contributed by atoms with E-state index in [1.54, 1.807) is 0 Å². The third kappa shape index (κ3) is 1.30. The molecule has 1 aromatic carbocycles. The van der Waals surface area contributed by atoms with E-state index in [2.05, 4.69) is 4.98 Å². The largest absolute Gasteiger partial charge is 0.358 e. The number of nitrogens with two attached hydrogens (primary N) is 1. The number of fused-ring (bicyclic) bond motifs is 1. The monoisotopic (exact) mass is 192 g/mol. The summed E-state index contributed by atoms with van der Waals surface area (Å²) in [6, 6.07) is 7.29. The summed E-state index contributed by atoms with van der Waals surface area (Å²) in [6.45, 7) is 1.40. The fourth-order valence-electron chi connectivity index (χ4n) is 1.85. The van der Waals surface area contributed by atoms with Crippen LogP contribution in [0.1, 0.15) is 17.3 Å². The molecule has 3 N–H and O–H groups in total. The SMILES string of the molecule is Cc1[nH]c2ccccc2c1[C@@H](N)CF. The third-order valence-electron chi connectivity index (χ3n) is 2.48. The Bertz CT molecular complexity index is 447. The maximum Gasteiger partial charge on any atom is 0.109 e. The molecule has 2 rings (SSSR count). The molecule has 0 aliphatic heterocycles. The zero-order chi connectivity index (χ0) is 10.1. The smallest absolute Gasteiger partial charge is 0.109 e. The average Bonchev–Trinajstić information content (AvgIpc) is 2.53. The zero-order valence-electron chi connectivity index (χ0n) is 8.05. The van der Waals surface area contributed by atoms with Gasteiger partial charge in [0.15, 0.2) is 0 Å². The first-order chi connectivity index (χ1) is 6.74. The van der Waals surface area contributed by atoms with Crippen LogP contribution in [-0.4, -0.2) is 11.7 Å². The molecule has 0 aliphatic rings. The summed E-state index contributed by atoms with van der Waals surface area (Å²) in [7, 11) is 0. The zero-order valence-corrected chi connectivity index (χ0v) is 8.05. The molecule has 0 bridgehead atoms. The predicted molar refractivity (Wildman–Crippen MR) is 55.9 cm³/mol. The van der Waals surface area contributed by atoms with Gasteiger partial charge < -0.3 is 10.7 Å². The van der Waals surface area contributed by atoms with Gasteiger partial charge in [-0.1, -0.05) is 18.2 Å². The molecule has 0 saturated carbocycles. The number of aryl methyl sites for hydroxylation is 1. The van der Waals surface area contributed by atoms with E-state index >= 15 is 0 Å². The van der Waals surface area contributed by atoms with E-state index in [1.165, 1.54) is 0 Å². The molecular weight excluding hydrogens is 179 g/mol. The molecule has 0 saturated heterocycles. The second kappa shape index (κ2) is 3.42. The number of halogens is 1. The normalized spacial score (nSPS) is 13.4. The summed E-state index contributed by atoms with van der Waals surface area (Å²) in [5.74, 6) is 0. The molecular formula is C11H13FN2. The Labute approximate surface area is 81.9 Å². The molecule has 1 atom stereocenters. The quantitative estimate of drug-likeness (QED) is 0.754. The van der Waals surface area contributed by atoms with Gasteiger partial charge in [-0.2, -0.15) is 0 Å².